The Labute approximate surface area is 303 Å². The van der Waals surface area contributed by atoms with E-state index < -0.39 is 0 Å². The molecule has 0 saturated carbocycles. The van der Waals surface area contributed by atoms with Gasteiger partial charge in [0.2, 0.25) is 0 Å². The van der Waals surface area contributed by atoms with Crippen LogP contribution in [0.5, 0.6) is 0 Å². The van der Waals surface area contributed by atoms with Crippen molar-refractivity contribution in [2.75, 3.05) is 0 Å². The van der Waals surface area contributed by atoms with Gasteiger partial charge in [-0.15, -0.1) is 0 Å². The van der Waals surface area contributed by atoms with Gasteiger partial charge < -0.3 is 9.97 Å². The van der Waals surface area contributed by atoms with Crippen LogP contribution in [0.15, 0.2) is 152 Å². The maximum absolute atomic E-state index is 5.42. The molecule has 232 valence electrons. The minimum absolute atomic E-state index is 0. The first-order valence-electron chi connectivity index (χ1n) is 16.2. The Balaban J connectivity index is 0.00000348. The van der Waals surface area contributed by atoms with Gasteiger partial charge in [0, 0.05) is 38.8 Å². The number of hydrogen-bond acceptors (Lipinski definition) is 2. The Bertz CT molecular complexity index is 2530. The van der Waals surface area contributed by atoms with Crippen LogP contribution in [0.25, 0.3) is 79.2 Å². The Morgan fingerprint density at radius 1 is 0.408 bits per heavy atom. The minimum atomic E-state index is 0. The number of rotatable bonds is 4. The molecule has 2 aliphatic rings. The molecule has 2 N–H and O–H groups in total. The third kappa shape index (κ3) is 5.87. The predicted octanol–water partition coefficient (Wildman–Crippen LogP) is 9.89. The molecule has 7 aromatic rings. The molecule has 5 heteroatoms. The quantitative estimate of drug-likeness (QED) is 0.189. The fraction of sp³-hybridized carbons (Fsp3) is 0. The number of H-pyrrole nitrogens is 2. The summed E-state index contributed by atoms with van der Waals surface area (Å²) in [5, 5.41) is 0. The summed E-state index contributed by atoms with van der Waals surface area (Å²) >= 11 is 0. The molecule has 0 amide bonds. The zero-order chi connectivity index (χ0) is 31.9. The van der Waals surface area contributed by atoms with Gasteiger partial charge in [-0.1, -0.05) is 121 Å². The summed E-state index contributed by atoms with van der Waals surface area (Å²) in [5.74, 6) is 0. The molecule has 0 unspecified atom stereocenters. The van der Waals surface area contributed by atoms with Crippen molar-refractivity contribution in [1.82, 2.24) is 19.9 Å². The van der Waals surface area contributed by atoms with Crippen LogP contribution < -0.4 is 0 Å². The van der Waals surface area contributed by atoms with Crippen molar-refractivity contribution >= 4 is 71.7 Å². The molecule has 4 aromatic carbocycles. The van der Waals surface area contributed by atoms with Crippen LogP contribution in [0.4, 0.5) is 0 Å². The first-order valence-corrected chi connectivity index (χ1v) is 16.2. The summed E-state index contributed by atoms with van der Waals surface area (Å²) < 4.78 is 0. The molecule has 0 aliphatic carbocycles. The zero-order valence-corrected chi connectivity index (χ0v) is 26.1. The maximum atomic E-state index is 5.42. The van der Waals surface area contributed by atoms with Crippen molar-refractivity contribution in [2.45, 2.75) is 0 Å². The molecule has 0 fully saturated rings. The first kappa shape index (κ1) is 30.7. The van der Waals surface area contributed by atoms with Crippen molar-refractivity contribution < 1.29 is 0 Å². The second-order valence-corrected chi connectivity index (χ2v) is 12.0. The molecule has 5 heterocycles. The van der Waals surface area contributed by atoms with Crippen molar-refractivity contribution in [3.8, 4) is 33.4 Å². The fourth-order valence-corrected chi connectivity index (χ4v) is 6.78. The van der Waals surface area contributed by atoms with Crippen LogP contribution in [0.1, 0.15) is 28.3 Å². The summed E-state index contributed by atoms with van der Waals surface area (Å²) in [4.78, 5) is 17.9. The molecule has 0 saturated heterocycles. The van der Waals surface area contributed by atoms with E-state index in [1.165, 1.54) is 0 Å². The van der Waals surface area contributed by atoms with Crippen LogP contribution in [-0.2, 0) is 0 Å². The average Bonchev–Trinajstić information content (AvgIpc) is 3.94. The molecule has 8 bridgehead atoms. The van der Waals surface area contributed by atoms with Crippen molar-refractivity contribution in [1.29, 1.82) is 0 Å². The van der Waals surface area contributed by atoms with Crippen molar-refractivity contribution in [3.05, 3.63) is 180 Å². The number of benzene rings is 4. The van der Waals surface area contributed by atoms with Crippen LogP contribution >= 0.6 is 0 Å². The Morgan fingerprint density at radius 2 is 0.898 bits per heavy atom. The van der Waals surface area contributed by atoms with E-state index in [1.807, 2.05) is 0 Å². The SMILES string of the molecule is C1=Cc2cc3[nH]c(c(-c4ccccc4)c4nc(cc5ccc(cc1n2)[nH]5)C=C4c1ccccc1)c(-c1ccccc1)c3-c1ccccc1.[InH3]. The topological polar surface area (TPSA) is 57.4 Å². The monoisotopic (exact) mass is 732 g/mol. The average molecular weight is 733 g/mol. The van der Waals surface area contributed by atoms with E-state index in [2.05, 4.69) is 180 Å². The molecule has 0 spiro atoms. The van der Waals surface area contributed by atoms with Gasteiger partial charge in [0.15, 0.2) is 0 Å². The van der Waals surface area contributed by atoms with E-state index >= 15 is 0 Å². The summed E-state index contributed by atoms with van der Waals surface area (Å²) in [6.45, 7) is 0. The van der Waals surface area contributed by atoms with Crippen LogP contribution in [0, 0.1) is 0 Å². The van der Waals surface area contributed by atoms with E-state index in [0.717, 1.165) is 89.4 Å². The number of aromatic nitrogens is 4. The molecule has 4 nitrogen and oxygen atoms in total. The third-order valence-electron chi connectivity index (χ3n) is 8.89. The number of nitrogens with zero attached hydrogens (tertiary/aromatic N) is 2. The van der Waals surface area contributed by atoms with Gasteiger partial charge in [-0.25, -0.2) is 9.97 Å². The van der Waals surface area contributed by atoms with Crippen molar-refractivity contribution in [2.24, 2.45) is 0 Å². The Kier molecular flexibility index (Phi) is 8.20. The molecular formula is C44H33InN4. The van der Waals surface area contributed by atoms with Crippen LogP contribution in [-0.4, -0.2) is 45.8 Å². The van der Waals surface area contributed by atoms with E-state index in [-0.39, 0.29) is 25.8 Å². The molecule has 3 aromatic heterocycles. The summed E-state index contributed by atoms with van der Waals surface area (Å²) in [6, 6.07) is 53.0. The van der Waals surface area contributed by atoms with Gasteiger partial charge in [0.1, 0.15) is 0 Å². The molecule has 2 aliphatic heterocycles. The second-order valence-electron chi connectivity index (χ2n) is 12.0. The van der Waals surface area contributed by atoms with Gasteiger partial charge in [0.05, 0.1) is 28.3 Å². The van der Waals surface area contributed by atoms with Crippen LogP contribution in [0.2, 0.25) is 0 Å². The van der Waals surface area contributed by atoms with E-state index in [4.69, 9.17) is 9.97 Å². The summed E-state index contributed by atoms with van der Waals surface area (Å²) in [5.41, 5.74) is 16.3. The standard InChI is InChI=1S/C44H30N4.In.3H/c1-5-13-29(14-6-1)38-27-37-26-35-22-21-33(45-35)25-34-23-24-36(46-34)28-39-40(30-15-7-2-8-16-30)41(31-17-9-3-10-18-31)44(48-39)42(43(38)47-37)32-19-11-4-12-20-32;;;;/h1-28,45,48H;;;;. The second kappa shape index (κ2) is 13.1. The van der Waals surface area contributed by atoms with Crippen molar-refractivity contribution in [3.63, 3.8) is 0 Å². The van der Waals surface area contributed by atoms with Gasteiger partial charge in [-0.2, -0.15) is 0 Å². The molecular weight excluding hydrogens is 699 g/mol. The van der Waals surface area contributed by atoms with Gasteiger partial charge in [0.25, 0.3) is 0 Å². The van der Waals surface area contributed by atoms with E-state index in [9.17, 15) is 0 Å². The van der Waals surface area contributed by atoms with Gasteiger partial charge in [-0.05, 0) is 70.8 Å². The molecule has 0 atom stereocenters. The zero-order valence-electron chi connectivity index (χ0n) is 26.1. The normalized spacial score (nSPS) is 12.0. The fourth-order valence-electron chi connectivity index (χ4n) is 6.78. The molecule has 49 heavy (non-hydrogen) atoms. The molecule has 0 radical (unpaired) electrons. The third-order valence-corrected chi connectivity index (χ3v) is 8.89. The van der Waals surface area contributed by atoms with E-state index in [0.29, 0.717) is 0 Å². The van der Waals surface area contributed by atoms with Crippen LogP contribution in [0.3, 0.4) is 0 Å². The molecule has 9 rings (SSSR count). The first-order chi connectivity index (χ1) is 23.8. The Morgan fingerprint density at radius 3 is 1.49 bits per heavy atom. The predicted molar refractivity (Wildman–Crippen MR) is 210 cm³/mol. The number of aromatic amines is 2. The summed E-state index contributed by atoms with van der Waals surface area (Å²) in [6.07, 6.45) is 6.35. The van der Waals surface area contributed by atoms with Gasteiger partial charge >= 0.3 is 25.8 Å². The van der Waals surface area contributed by atoms with E-state index in [1.54, 1.807) is 0 Å². The number of hydrogen-bond donors (Lipinski definition) is 2. The summed E-state index contributed by atoms with van der Waals surface area (Å²) in [7, 11) is 0. The van der Waals surface area contributed by atoms with Gasteiger partial charge in [-0.3, -0.25) is 0 Å². The number of nitrogens with one attached hydrogen (secondary N) is 2. The number of fused-ring (bicyclic) bond motifs is 8. The Hall–Kier alpha value is -5.65.